The van der Waals surface area contributed by atoms with Gasteiger partial charge in [0.05, 0.1) is 0 Å². The highest BCUT2D eigenvalue weighted by Gasteiger charge is 2.26. The van der Waals surface area contributed by atoms with Crippen LogP contribution in [0.15, 0.2) is 60.7 Å². The minimum atomic E-state index is 0.349. The lowest BCUT2D eigenvalue weighted by Crippen LogP contribution is -2.19. The van der Waals surface area contributed by atoms with Gasteiger partial charge in [0.1, 0.15) is 5.75 Å². The number of benzene rings is 2. The summed E-state index contributed by atoms with van der Waals surface area (Å²) < 4.78 is 0. The molecular weight excluding hydrogens is 364 g/mol. The number of allylic oxidation sites excluding steroid dienone is 4. The van der Waals surface area contributed by atoms with Gasteiger partial charge in [0.25, 0.3) is 0 Å². The van der Waals surface area contributed by atoms with Crippen molar-refractivity contribution in [3.8, 4) is 5.75 Å². The number of phenols is 1. The third-order valence-corrected chi connectivity index (χ3v) is 6.23. The lowest BCUT2D eigenvalue weighted by molar-refractivity contribution is 0.292. The average Bonchev–Trinajstić information content (AvgIpc) is 2.83. The maximum Gasteiger partial charge on any atom is 0.115 e. The molecule has 0 spiro atoms. The summed E-state index contributed by atoms with van der Waals surface area (Å²) in [4.78, 5) is 0. The topological polar surface area (TPSA) is 20.2 Å². The Bertz CT molecular complexity index is 737. The van der Waals surface area contributed by atoms with Crippen molar-refractivity contribution < 1.29 is 5.11 Å². The van der Waals surface area contributed by atoms with Crippen LogP contribution in [0, 0.1) is 18.8 Å². The molecule has 0 saturated heterocycles. The van der Waals surface area contributed by atoms with E-state index in [4.69, 9.17) is 0 Å². The largest absolute Gasteiger partial charge is 0.508 e. The predicted octanol–water partition coefficient (Wildman–Crippen LogP) is 8.82. The van der Waals surface area contributed by atoms with Gasteiger partial charge >= 0.3 is 0 Å². The summed E-state index contributed by atoms with van der Waals surface area (Å²) >= 11 is 0. The molecular formula is C29H40O. The highest BCUT2D eigenvalue weighted by atomic mass is 16.3. The van der Waals surface area contributed by atoms with Crippen LogP contribution in [0.2, 0.25) is 0 Å². The first-order valence-electron chi connectivity index (χ1n) is 11.9. The van der Waals surface area contributed by atoms with Gasteiger partial charge in [-0.3, -0.25) is 0 Å². The van der Waals surface area contributed by atoms with Crippen LogP contribution in [0.4, 0.5) is 0 Å². The highest BCUT2D eigenvalue weighted by molar-refractivity contribution is 5.67. The molecule has 0 saturated carbocycles. The molecule has 0 radical (unpaired) electrons. The predicted molar refractivity (Wildman–Crippen MR) is 133 cm³/mol. The molecule has 162 valence electrons. The van der Waals surface area contributed by atoms with Gasteiger partial charge < -0.3 is 5.11 Å². The van der Waals surface area contributed by atoms with Crippen LogP contribution in [-0.4, -0.2) is 5.11 Å². The zero-order chi connectivity index (χ0) is 21.9. The molecule has 2 aliphatic rings. The molecule has 2 aliphatic carbocycles. The summed E-state index contributed by atoms with van der Waals surface area (Å²) in [5, 5.41) is 9.46. The van der Waals surface area contributed by atoms with Gasteiger partial charge in [-0.15, -0.1) is 0 Å². The van der Waals surface area contributed by atoms with Crippen LogP contribution in [0.5, 0.6) is 5.75 Å². The molecule has 2 atom stereocenters. The molecule has 1 heteroatoms. The number of phenolic OH excluding ortho intramolecular Hbond substituents is 1. The Morgan fingerprint density at radius 2 is 1.03 bits per heavy atom. The van der Waals surface area contributed by atoms with E-state index < -0.39 is 0 Å². The molecule has 30 heavy (non-hydrogen) atoms. The normalized spacial score (nSPS) is 20.6. The standard InChI is InChI=1S/C25H28O.2C2H6/c1-18-2-4-19(5-3-18)20-6-8-21(9-7-20)22-10-12-23(13-11-22)24-14-16-25(26)17-15-24;2*1-2/h2-6,12,14-17,21-22,26H,7-11,13H2,1H3;2*1-2H3. The maximum atomic E-state index is 9.46. The summed E-state index contributed by atoms with van der Waals surface area (Å²) in [6.45, 7) is 10.2. The van der Waals surface area contributed by atoms with E-state index in [0.717, 1.165) is 11.8 Å². The Morgan fingerprint density at radius 1 is 0.633 bits per heavy atom. The van der Waals surface area contributed by atoms with Crippen molar-refractivity contribution in [3.63, 3.8) is 0 Å². The fourth-order valence-electron chi connectivity index (χ4n) is 4.53. The van der Waals surface area contributed by atoms with Crippen LogP contribution in [-0.2, 0) is 0 Å². The molecule has 0 fully saturated rings. The lowest BCUT2D eigenvalue weighted by atomic mass is 9.73. The average molecular weight is 405 g/mol. The zero-order valence-corrected chi connectivity index (χ0v) is 19.6. The summed E-state index contributed by atoms with van der Waals surface area (Å²) in [7, 11) is 0. The molecule has 0 amide bonds. The molecule has 1 nitrogen and oxygen atoms in total. The second-order valence-electron chi connectivity index (χ2n) is 7.94. The molecule has 0 bridgehead atoms. The smallest absolute Gasteiger partial charge is 0.115 e. The van der Waals surface area contributed by atoms with Crippen LogP contribution in [0.3, 0.4) is 0 Å². The van der Waals surface area contributed by atoms with Gasteiger partial charge in [-0.1, -0.05) is 81.8 Å². The van der Waals surface area contributed by atoms with Crippen molar-refractivity contribution in [3.05, 3.63) is 77.4 Å². The minimum absolute atomic E-state index is 0.349. The zero-order valence-electron chi connectivity index (χ0n) is 19.6. The Balaban J connectivity index is 0.000000757. The first-order chi connectivity index (χ1) is 14.7. The van der Waals surface area contributed by atoms with Gasteiger partial charge in [0.15, 0.2) is 0 Å². The third-order valence-electron chi connectivity index (χ3n) is 6.23. The van der Waals surface area contributed by atoms with Crippen LogP contribution in [0.1, 0.15) is 82.9 Å². The van der Waals surface area contributed by atoms with Gasteiger partial charge in [-0.2, -0.15) is 0 Å². The Hall–Kier alpha value is -2.28. The van der Waals surface area contributed by atoms with Crippen LogP contribution < -0.4 is 0 Å². The molecule has 0 aromatic heterocycles. The van der Waals surface area contributed by atoms with Crippen molar-refractivity contribution in [2.75, 3.05) is 0 Å². The Kier molecular flexibility index (Phi) is 9.94. The molecule has 2 aromatic carbocycles. The SMILES string of the molecule is CC.CC.Cc1ccc(C2=CCC(C3CC=C(c4ccc(O)cc4)CC3)CC2)cc1. The number of hydrogen-bond acceptors (Lipinski definition) is 1. The van der Waals surface area contributed by atoms with E-state index in [1.165, 1.54) is 66.4 Å². The molecule has 0 aliphatic heterocycles. The van der Waals surface area contributed by atoms with E-state index >= 15 is 0 Å². The van der Waals surface area contributed by atoms with Crippen LogP contribution >= 0.6 is 0 Å². The van der Waals surface area contributed by atoms with E-state index in [2.05, 4.69) is 43.3 Å². The molecule has 2 unspecified atom stereocenters. The number of aromatic hydroxyl groups is 1. The number of rotatable bonds is 3. The molecule has 4 rings (SSSR count). The van der Waals surface area contributed by atoms with Crippen molar-refractivity contribution in [2.24, 2.45) is 11.8 Å². The molecule has 0 heterocycles. The fraction of sp³-hybridized carbons (Fsp3) is 0.448. The highest BCUT2D eigenvalue weighted by Crippen LogP contribution is 2.41. The van der Waals surface area contributed by atoms with E-state index in [9.17, 15) is 5.11 Å². The summed E-state index contributed by atoms with van der Waals surface area (Å²) in [5.74, 6) is 2.01. The first kappa shape index (κ1) is 24.0. The maximum absolute atomic E-state index is 9.46. The minimum Gasteiger partial charge on any atom is -0.508 e. The third kappa shape index (κ3) is 6.36. The van der Waals surface area contributed by atoms with E-state index in [0.29, 0.717) is 5.75 Å². The fourth-order valence-corrected chi connectivity index (χ4v) is 4.53. The van der Waals surface area contributed by atoms with Crippen molar-refractivity contribution in [2.45, 2.75) is 73.1 Å². The Labute approximate surface area is 184 Å². The van der Waals surface area contributed by atoms with Gasteiger partial charge in [-0.05, 0) is 91.7 Å². The summed E-state index contributed by atoms with van der Waals surface area (Å²) in [6.07, 6.45) is 12.4. The van der Waals surface area contributed by atoms with E-state index in [-0.39, 0.29) is 0 Å². The molecule has 1 N–H and O–H groups in total. The monoisotopic (exact) mass is 404 g/mol. The van der Waals surface area contributed by atoms with E-state index in [1.807, 2.05) is 39.8 Å². The van der Waals surface area contributed by atoms with Crippen LogP contribution in [0.25, 0.3) is 11.1 Å². The number of hydrogen-bond donors (Lipinski definition) is 1. The lowest BCUT2D eigenvalue weighted by Gasteiger charge is -2.32. The van der Waals surface area contributed by atoms with Gasteiger partial charge in [0.2, 0.25) is 0 Å². The van der Waals surface area contributed by atoms with Crippen molar-refractivity contribution >= 4 is 11.1 Å². The summed E-state index contributed by atoms with van der Waals surface area (Å²) in [6, 6.07) is 16.7. The second-order valence-corrected chi connectivity index (χ2v) is 7.94. The van der Waals surface area contributed by atoms with Crippen molar-refractivity contribution in [1.82, 2.24) is 0 Å². The van der Waals surface area contributed by atoms with E-state index in [1.54, 1.807) is 12.1 Å². The quantitative estimate of drug-likeness (QED) is 0.541. The van der Waals surface area contributed by atoms with Crippen molar-refractivity contribution in [1.29, 1.82) is 0 Å². The van der Waals surface area contributed by atoms with Gasteiger partial charge in [0, 0.05) is 0 Å². The van der Waals surface area contributed by atoms with Gasteiger partial charge in [-0.25, -0.2) is 0 Å². The number of aryl methyl sites for hydroxylation is 1. The molecule has 2 aromatic rings. The second kappa shape index (κ2) is 12.4. The Morgan fingerprint density at radius 3 is 1.40 bits per heavy atom. The summed E-state index contributed by atoms with van der Waals surface area (Å²) in [5.41, 5.74) is 7.01. The first-order valence-corrected chi connectivity index (χ1v) is 11.9.